The molecule has 1 saturated carbocycles. The number of anilines is 1. The zero-order valence-electron chi connectivity index (χ0n) is 11.9. The summed E-state index contributed by atoms with van der Waals surface area (Å²) in [6.07, 6.45) is 8.23. The van der Waals surface area contributed by atoms with Crippen LogP contribution in [-0.4, -0.2) is 26.2 Å². The maximum atomic E-state index is 3.89. The van der Waals surface area contributed by atoms with Crippen molar-refractivity contribution >= 4 is 5.69 Å². The second-order valence-corrected chi connectivity index (χ2v) is 5.58. The van der Waals surface area contributed by atoms with Gasteiger partial charge in [0, 0.05) is 11.7 Å². The summed E-state index contributed by atoms with van der Waals surface area (Å²) < 4.78 is 1.66. The minimum absolute atomic E-state index is 0.618. The Morgan fingerprint density at radius 2 is 2.10 bits per heavy atom. The van der Waals surface area contributed by atoms with Crippen LogP contribution < -0.4 is 5.32 Å². The van der Waals surface area contributed by atoms with Crippen LogP contribution in [0.5, 0.6) is 0 Å². The monoisotopic (exact) mass is 271 g/mol. The second-order valence-electron chi connectivity index (χ2n) is 5.58. The minimum Gasteiger partial charge on any atom is -0.382 e. The molecule has 0 aliphatic heterocycles. The first-order valence-electron chi connectivity index (χ1n) is 7.45. The summed E-state index contributed by atoms with van der Waals surface area (Å²) in [6.45, 7) is 2.30. The maximum absolute atomic E-state index is 3.89. The van der Waals surface area contributed by atoms with E-state index in [2.05, 4.69) is 39.9 Å². The summed E-state index contributed by atoms with van der Waals surface area (Å²) >= 11 is 0. The normalized spacial score (nSPS) is 22.6. The third-order valence-electron chi connectivity index (χ3n) is 4.21. The van der Waals surface area contributed by atoms with E-state index in [4.69, 9.17) is 0 Å². The highest BCUT2D eigenvalue weighted by molar-refractivity contribution is 5.49. The highest BCUT2D eigenvalue weighted by Crippen LogP contribution is 2.28. The molecule has 0 saturated heterocycles. The molecule has 5 heteroatoms. The van der Waals surface area contributed by atoms with Crippen molar-refractivity contribution in [1.82, 2.24) is 20.2 Å². The molecule has 1 heterocycles. The summed E-state index contributed by atoms with van der Waals surface area (Å²) in [4.78, 5) is 0. The first kappa shape index (κ1) is 13.1. The lowest BCUT2D eigenvalue weighted by molar-refractivity contribution is 0.327. The van der Waals surface area contributed by atoms with Gasteiger partial charge in [0.1, 0.15) is 6.33 Å². The highest BCUT2D eigenvalue weighted by Gasteiger charge is 2.20. The molecule has 2 unspecified atom stereocenters. The van der Waals surface area contributed by atoms with Crippen molar-refractivity contribution in [2.24, 2.45) is 5.92 Å². The van der Waals surface area contributed by atoms with E-state index in [1.807, 2.05) is 12.1 Å². The van der Waals surface area contributed by atoms with Gasteiger partial charge in [-0.05, 0) is 53.5 Å². The predicted molar refractivity (Wildman–Crippen MR) is 78.8 cm³/mol. The van der Waals surface area contributed by atoms with Crippen molar-refractivity contribution in [2.45, 2.75) is 45.1 Å². The molecule has 0 amide bonds. The second kappa shape index (κ2) is 6.03. The lowest BCUT2D eigenvalue weighted by atomic mass is 9.84. The molecule has 1 aromatic heterocycles. The van der Waals surface area contributed by atoms with Gasteiger partial charge in [-0.15, -0.1) is 5.10 Å². The van der Waals surface area contributed by atoms with Crippen molar-refractivity contribution < 1.29 is 0 Å². The molecular weight excluding hydrogens is 250 g/mol. The molecule has 1 aliphatic carbocycles. The fourth-order valence-electron chi connectivity index (χ4n) is 3.02. The summed E-state index contributed by atoms with van der Waals surface area (Å²) in [6, 6.07) is 8.91. The molecule has 1 aliphatic rings. The summed E-state index contributed by atoms with van der Waals surface area (Å²) in [5, 5.41) is 14.8. The number of hydrogen-bond acceptors (Lipinski definition) is 4. The van der Waals surface area contributed by atoms with E-state index >= 15 is 0 Å². The number of nitrogens with one attached hydrogen (secondary N) is 1. The third-order valence-corrected chi connectivity index (χ3v) is 4.21. The molecule has 1 aromatic carbocycles. The van der Waals surface area contributed by atoms with Gasteiger partial charge in [0.25, 0.3) is 0 Å². The van der Waals surface area contributed by atoms with Crippen molar-refractivity contribution in [3.05, 3.63) is 30.6 Å². The van der Waals surface area contributed by atoms with Gasteiger partial charge in [-0.25, -0.2) is 4.68 Å². The summed E-state index contributed by atoms with van der Waals surface area (Å²) in [5.41, 5.74) is 2.17. The number of nitrogens with zero attached hydrogens (tertiary/aromatic N) is 4. The molecule has 1 fully saturated rings. The largest absolute Gasteiger partial charge is 0.382 e. The Hall–Kier alpha value is -1.91. The molecule has 2 atom stereocenters. The van der Waals surface area contributed by atoms with Gasteiger partial charge in [-0.3, -0.25) is 0 Å². The van der Waals surface area contributed by atoms with E-state index in [-0.39, 0.29) is 0 Å². The van der Waals surface area contributed by atoms with E-state index in [0.29, 0.717) is 6.04 Å². The number of tetrazole rings is 1. The van der Waals surface area contributed by atoms with E-state index in [0.717, 1.165) is 11.6 Å². The van der Waals surface area contributed by atoms with Crippen LogP contribution in [-0.2, 0) is 0 Å². The van der Waals surface area contributed by atoms with Gasteiger partial charge in [0.05, 0.1) is 5.69 Å². The summed E-state index contributed by atoms with van der Waals surface area (Å²) in [7, 11) is 0. The van der Waals surface area contributed by atoms with Gasteiger partial charge in [0.2, 0.25) is 0 Å². The predicted octanol–water partition coefficient (Wildman–Crippen LogP) is 3.04. The Labute approximate surface area is 119 Å². The first-order valence-corrected chi connectivity index (χ1v) is 7.45. The standard InChI is InChI=1S/C15H21N5/c1-2-12-4-3-5-14(10-12)17-13-6-8-15(9-7-13)20-11-16-18-19-20/h6-9,11-12,14,17H,2-5,10H2,1H3. The molecule has 0 spiro atoms. The van der Waals surface area contributed by atoms with Crippen LogP contribution in [0.1, 0.15) is 39.0 Å². The molecule has 106 valence electrons. The summed E-state index contributed by atoms with van der Waals surface area (Å²) in [5.74, 6) is 0.891. The smallest absolute Gasteiger partial charge is 0.143 e. The van der Waals surface area contributed by atoms with Gasteiger partial charge < -0.3 is 5.32 Å². The fourth-order valence-corrected chi connectivity index (χ4v) is 3.02. The fraction of sp³-hybridized carbons (Fsp3) is 0.533. The Morgan fingerprint density at radius 1 is 1.25 bits per heavy atom. The van der Waals surface area contributed by atoms with E-state index < -0.39 is 0 Å². The van der Waals surface area contributed by atoms with Crippen molar-refractivity contribution in [2.75, 3.05) is 5.32 Å². The molecular formula is C15H21N5. The number of aromatic nitrogens is 4. The molecule has 3 rings (SSSR count). The topological polar surface area (TPSA) is 55.6 Å². The van der Waals surface area contributed by atoms with Crippen LogP contribution in [0.15, 0.2) is 30.6 Å². The lowest BCUT2D eigenvalue weighted by Crippen LogP contribution is -2.27. The van der Waals surface area contributed by atoms with Gasteiger partial charge >= 0.3 is 0 Å². The van der Waals surface area contributed by atoms with Crippen molar-refractivity contribution in [3.63, 3.8) is 0 Å². The Kier molecular flexibility index (Phi) is 3.95. The Bertz CT molecular complexity index is 520. The van der Waals surface area contributed by atoms with E-state index in [1.165, 1.54) is 37.8 Å². The number of benzene rings is 1. The van der Waals surface area contributed by atoms with Gasteiger partial charge in [0.15, 0.2) is 0 Å². The quantitative estimate of drug-likeness (QED) is 0.928. The molecule has 0 bridgehead atoms. The number of rotatable bonds is 4. The van der Waals surface area contributed by atoms with Gasteiger partial charge in [-0.1, -0.05) is 26.2 Å². The Morgan fingerprint density at radius 3 is 2.80 bits per heavy atom. The van der Waals surface area contributed by atoms with Crippen LogP contribution in [0.4, 0.5) is 5.69 Å². The molecule has 1 N–H and O–H groups in total. The van der Waals surface area contributed by atoms with Crippen LogP contribution in [0.3, 0.4) is 0 Å². The van der Waals surface area contributed by atoms with E-state index in [9.17, 15) is 0 Å². The molecule has 20 heavy (non-hydrogen) atoms. The minimum atomic E-state index is 0.618. The van der Waals surface area contributed by atoms with Crippen LogP contribution >= 0.6 is 0 Å². The Balaban J connectivity index is 1.63. The average Bonchev–Trinajstić information content (AvgIpc) is 3.02. The highest BCUT2D eigenvalue weighted by atomic mass is 15.5. The van der Waals surface area contributed by atoms with Gasteiger partial charge in [-0.2, -0.15) is 0 Å². The SMILES string of the molecule is CCC1CCCC(Nc2ccc(-n3cnnn3)cc2)C1. The van der Waals surface area contributed by atoms with Crippen LogP contribution in [0.2, 0.25) is 0 Å². The van der Waals surface area contributed by atoms with Crippen molar-refractivity contribution in [1.29, 1.82) is 0 Å². The third kappa shape index (κ3) is 2.98. The maximum Gasteiger partial charge on any atom is 0.143 e. The molecule has 0 radical (unpaired) electrons. The zero-order valence-corrected chi connectivity index (χ0v) is 11.9. The lowest BCUT2D eigenvalue weighted by Gasteiger charge is -2.29. The molecule has 5 nitrogen and oxygen atoms in total. The first-order chi connectivity index (χ1) is 9.85. The van der Waals surface area contributed by atoms with Crippen molar-refractivity contribution in [3.8, 4) is 5.69 Å². The van der Waals surface area contributed by atoms with E-state index in [1.54, 1.807) is 11.0 Å². The molecule has 2 aromatic rings. The van der Waals surface area contributed by atoms with Crippen LogP contribution in [0.25, 0.3) is 5.69 Å². The number of hydrogen-bond donors (Lipinski definition) is 1. The van der Waals surface area contributed by atoms with Crippen LogP contribution in [0, 0.1) is 5.92 Å². The zero-order chi connectivity index (χ0) is 13.8. The average molecular weight is 271 g/mol.